The van der Waals surface area contributed by atoms with Gasteiger partial charge in [-0.05, 0) is 38.0 Å². The Morgan fingerprint density at radius 3 is 2.52 bits per heavy atom. The van der Waals surface area contributed by atoms with Crippen molar-refractivity contribution in [2.45, 2.75) is 36.8 Å². The summed E-state index contributed by atoms with van der Waals surface area (Å²) in [5.41, 5.74) is 0. The topological polar surface area (TPSA) is 79.0 Å². The summed E-state index contributed by atoms with van der Waals surface area (Å²) in [5, 5.41) is 3.45. The molecule has 3 rings (SSSR count). The predicted molar refractivity (Wildman–Crippen MR) is 104 cm³/mol. The van der Waals surface area contributed by atoms with Crippen LogP contribution < -0.4 is 5.32 Å². The molecule has 1 aromatic rings. The third kappa shape index (κ3) is 4.68. The zero-order chi connectivity index (χ0) is 19.6. The molecule has 2 atom stereocenters. The van der Waals surface area contributed by atoms with E-state index in [-0.39, 0.29) is 41.2 Å². The molecule has 150 valence electrons. The molecule has 2 saturated heterocycles. The van der Waals surface area contributed by atoms with E-state index >= 15 is 0 Å². The summed E-state index contributed by atoms with van der Waals surface area (Å²) in [6, 6.07) is 3.99. The van der Waals surface area contributed by atoms with Crippen LogP contribution in [0.15, 0.2) is 23.1 Å². The minimum absolute atomic E-state index is 0.0465. The zero-order valence-corrected chi connectivity index (χ0v) is 17.4. The van der Waals surface area contributed by atoms with Gasteiger partial charge in [0, 0.05) is 32.8 Å². The third-order valence-electron chi connectivity index (χ3n) is 4.93. The Bertz CT molecular complexity index is 791. The van der Waals surface area contributed by atoms with Crippen LogP contribution in [-0.2, 0) is 14.8 Å². The fourth-order valence-corrected chi connectivity index (χ4v) is 5.11. The fourth-order valence-electron chi connectivity index (χ4n) is 3.29. The minimum atomic E-state index is -3.67. The van der Waals surface area contributed by atoms with Gasteiger partial charge in [-0.1, -0.05) is 23.2 Å². The van der Waals surface area contributed by atoms with Gasteiger partial charge in [-0.25, -0.2) is 13.2 Å². The van der Waals surface area contributed by atoms with Crippen molar-refractivity contribution < 1.29 is 17.9 Å². The lowest BCUT2D eigenvalue weighted by atomic mass is 10.1. The first-order valence-corrected chi connectivity index (χ1v) is 11.1. The molecule has 0 saturated carbocycles. The number of sulfonamides is 1. The lowest BCUT2D eigenvalue weighted by Crippen LogP contribution is -2.55. The van der Waals surface area contributed by atoms with Crippen molar-refractivity contribution >= 4 is 39.3 Å². The lowest BCUT2D eigenvalue weighted by Gasteiger charge is -2.35. The van der Waals surface area contributed by atoms with E-state index in [9.17, 15) is 13.2 Å². The van der Waals surface area contributed by atoms with Gasteiger partial charge in [0.2, 0.25) is 10.0 Å². The Hall–Kier alpha value is -1.06. The number of hydrogen-bond donors (Lipinski definition) is 1. The number of benzene rings is 1. The average Bonchev–Trinajstić information content (AvgIpc) is 3.19. The van der Waals surface area contributed by atoms with Crippen LogP contribution in [0, 0.1) is 0 Å². The molecule has 2 aliphatic rings. The van der Waals surface area contributed by atoms with Gasteiger partial charge in [0.25, 0.3) is 0 Å². The van der Waals surface area contributed by atoms with Crippen molar-refractivity contribution in [3.05, 3.63) is 28.2 Å². The molecule has 2 amide bonds. The lowest BCUT2D eigenvalue weighted by molar-refractivity contribution is 0.0821. The maximum atomic E-state index is 12.8. The molecule has 2 heterocycles. The summed E-state index contributed by atoms with van der Waals surface area (Å²) < 4.78 is 32.5. The predicted octanol–water partition coefficient (Wildman–Crippen LogP) is 2.58. The largest absolute Gasteiger partial charge is 0.376 e. The number of nitrogens with zero attached hydrogens (tertiary/aromatic N) is 2. The second kappa shape index (κ2) is 8.53. The average molecular weight is 436 g/mol. The molecular formula is C17H23Cl2N3O4S. The molecule has 2 fully saturated rings. The number of carbonyl (C=O) groups excluding carboxylic acids is 1. The standard InChI is InChI=1S/C17H23Cl2N3O4S/c1-12(16-3-2-10-26-16)20-17(23)21-6-8-22(9-7-21)27(24,25)13-4-5-14(18)15(19)11-13/h4-5,11-12,16H,2-3,6-10H2,1H3,(H,20,23). The van der Waals surface area contributed by atoms with Crippen molar-refractivity contribution in [3.63, 3.8) is 0 Å². The van der Waals surface area contributed by atoms with Gasteiger partial charge in [0.15, 0.2) is 0 Å². The molecule has 2 aliphatic heterocycles. The van der Waals surface area contributed by atoms with Gasteiger partial charge in [0.1, 0.15) is 0 Å². The summed E-state index contributed by atoms with van der Waals surface area (Å²) in [6.07, 6.45) is 2.00. The smallest absolute Gasteiger partial charge is 0.317 e. The molecular weight excluding hydrogens is 413 g/mol. The van der Waals surface area contributed by atoms with Gasteiger partial charge in [-0.15, -0.1) is 0 Å². The van der Waals surface area contributed by atoms with Crippen molar-refractivity contribution in [1.82, 2.24) is 14.5 Å². The molecule has 0 aromatic heterocycles. The minimum Gasteiger partial charge on any atom is -0.376 e. The Morgan fingerprint density at radius 2 is 1.93 bits per heavy atom. The molecule has 1 aromatic carbocycles. The number of halogens is 2. The number of piperazine rings is 1. The van der Waals surface area contributed by atoms with Crippen LogP contribution >= 0.6 is 23.2 Å². The van der Waals surface area contributed by atoms with Gasteiger partial charge < -0.3 is 15.0 Å². The van der Waals surface area contributed by atoms with Crippen LogP contribution in [0.25, 0.3) is 0 Å². The molecule has 0 bridgehead atoms. The zero-order valence-electron chi connectivity index (χ0n) is 15.0. The van der Waals surface area contributed by atoms with E-state index in [0.29, 0.717) is 18.1 Å². The third-order valence-corrected chi connectivity index (χ3v) is 7.56. The molecule has 1 N–H and O–H groups in total. The highest BCUT2D eigenvalue weighted by Crippen LogP contribution is 2.27. The van der Waals surface area contributed by atoms with Crippen molar-refractivity contribution in [2.75, 3.05) is 32.8 Å². The number of amides is 2. The van der Waals surface area contributed by atoms with Crippen LogP contribution in [-0.4, -0.2) is 68.6 Å². The summed E-state index contributed by atoms with van der Waals surface area (Å²) in [6.45, 7) is 3.76. The first-order chi connectivity index (χ1) is 12.8. The van der Waals surface area contributed by atoms with E-state index in [0.717, 1.165) is 19.4 Å². The highest BCUT2D eigenvalue weighted by atomic mass is 35.5. The molecule has 0 spiro atoms. The number of carbonyl (C=O) groups is 1. The molecule has 10 heteroatoms. The number of urea groups is 1. The molecule has 0 radical (unpaired) electrons. The molecule has 27 heavy (non-hydrogen) atoms. The van der Waals surface area contributed by atoms with E-state index < -0.39 is 10.0 Å². The van der Waals surface area contributed by atoms with Crippen LogP contribution in [0.4, 0.5) is 4.79 Å². The second-order valence-electron chi connectivity index (χ2n) is 6.76. The molecule has 7 nitrogen and oxygen atoms in total. The SMILES string of the molecule is CC(NC(=O)N1CCN(S(=O)(=O)c2ccc(Cl)c(Cl)c2)CC1)C1CCCO1. The highest BCUT2D eigenvalue weighted by Gasteiger charge is 2.32. The molecule has 0 aliphatic carbocycles. The number of rotatable bonds is 4. The summed E-state index contributed by atoms with van der Waals surface area (Å²) >= 11 is 11.8. The van der Waals surface area contributed by atoms with Crippen molar-refractivity contribution in [2.24, 2.45) is 0 Å². The maximum absolute atomic E-state index is 12.8. The fraction of sp³-hybridized carbons (Fsp3) is 0.588. The van der Waals surface area contributed by atoms with E-state index in [1.54, 1.807) is 4.90 Å². The van der Waals surface area contributed by atoms with Gasteiger partial charge >= 0.3 is 6.03 Å². The maximum Gasteiger partial charge on any atom is 0.317 e. The number of hydrogen-bond acceptors (Lipinski definition) is 4. The van der Waals surface area contributed by atoms with Crippen LogP contribution in [0.1, 0.15) is 19.8 Å². The van der Waals surface area contributed by atoms with E-state index in [4.69, 9.17) is 27.9 Å². The van der Waals surface area contributed by atoms with Crippen molar-refractivity contribution in [1.29, 1.82) is 0 Å². The van der Waals surface area contributed by atoms with Crippen LogP contribution in [0.5, 0.6) is 0 Å². The van der Waals surface area contributed by atoms with Crippen LogP contribution in [0.3, 0.4) is 0 Å². The Balaban J connectivity index is 1.57. The summed E-state index contributed by atoms with van der Waals surface area (Å²) in [4.78, 5) is 14.2. The first kappa shape index (κ1) is 20.7. The Labute approximate surface area is 169 Å². The second-order valence-corrected chi connectivity index (χ2v) is 9.51. The van der Waals surface area contributed by atoms with E-state index in [1.807, 2.05) is 6.92 Å². The van der Waals surface area contributed by atoms with E-state index in [1.165, 1.54) is 22.5 Å². The van der Waals surface area contributed by atoms with Gasteiger partial charge in [0.05, 0.1) is 27.1 Å². The Morgan fingerprint density at radius 1 is 1.22 bits per heavy atom. The Kier molecular flexibility index (Phi) is 6.53. The number of ether oxygens (including phenoxy) is 1. The number of nitrogens with one attached hydrogen (secondary N) is 1. The molecule has 2 unspecified atom stereocenters. The monoisotopic (exact) mass is 435 g/mol. The normalized spacial score (nSPS) is 22.6. The van der Waals surface area contributed by atoms with Gasteiger partial charge in [-0.3, -0.25) is 0 Å². The summed E-state index contributed by atoms with van der Waals surface area (Å²) in [5.74, 6) is 0. The van der Waals surface area contributed by atoms with E-state index in [2.05, 4.69) is 5.32 Å². The summed E-state index contributed by atoms with van der Waals surface area (Å²) in [7, 11) is -3.67. The van der Waals surface area contributed by atoms with Gasteiger partial charge in [-0.2, -0.15) is 4.31 Å². The van der Waals surface area contributed by atoms with Crippen LogP contribution in [0.2, 0.25) is 10.0 Å². The quantitative estimate of drug-likeness (QED) is 0.787. The van der Waals surface area contributed by atoms with Crippen molar-refractivity contribution in [3.8, 4) is 0 Å². The highest BCUT2D eigenvalue weighted by molar-refractivity contribution is 7.89. The first-order valence-electron chi connectivity index (χ1n) is 8.91.